The van der Waals surface area contributed by atoms with Gasteiger partial charge in [0.1, 0.15) is 11.6 Å². The number of rotatable bonds is 4. The van der Waals surface area contributed by atoms with E-state index in [9.17, 15) is 4.39 Å². The molecule has 0 heterocycles. The van der Waals surface area contributed by atoms with Crippen molar-refractivity contribution in [2.45, 2.75) is 27.2 Å². The average molecular weight is 196 g/mol. The highest BCUT2D eigenvalue weighted by Gasteiger charge is 2.03. The van der Waals surface area contributed by atoms with E-state index in [1.807, 2.05) is 6.92 Å². The van der Waals surface area contributed by atoms with Crippen LogP contribution in [-0.2, 0) is 0 Å². The van der Waals surface area contributed by atoms with Crippen molar-refractivity contribution in [3.05, 3.63) is 29.6 Å². The Morgan fingerprint density at radius 3 is 2.71 bits per heavy atom. The first-order chi connectivity index (χ1) is 6.63. The molecule has 2 heteroatoms. The minimum absolute atomic E-state index is 0.210. The van der Waals surface area contributed by atoms with Crippen molar-refractivity contribution >= 4 is 0 Å². The Kier molecular flexibility index (Phi) is 3.93. The molecule has 0 aliphatic rings. The molecule has 1 aromatic carbocycles. The summed E-state index contributed by atoms with van der Waals surface area (Å²) in [7, 11) is 0. The van der Waals surface area contributed by atoms with Gasteiger partial charge in [0.15, 0.2) is 0 Å². The van der Waals surface area contributed by atoms with Gasteiger partial charge in [-0.2, -0.15) is 0 Å². The second-order valence-electron chi connectivity index (χ2n) is 3.73. The number of hydrogen-bond donors (Lipinski definition) is 0. The van der Waals surface area contributed by atoms with E-state index in [2.05, 4.69) is 13.8 Å². The second kappa shape index (κ2) is 4.99. The number of hydrogen-bond acceptors (Lipinski definition) is 1. The zero-order valence-corrected chi connectivity index (χ0v) is 9.01. The fourth-order valence-electron chi connectivity index (χ4n) is 1.12. The number of benzene rings is 1. The van der Waals surface area contributed by atoms with Gasteiger partial charge in [0, 0.05) is 0 Å². The lowest BCUT2D eigenvalue weighted by molar-refractivity contribution is 0.255. The zero-order valence-electron chi connectivity index (χ0n) is 9.01. The third-order valence-electron chi connectivity index (χ3n) is 2.36. The minimum Gasteiger partial charge on any atom is -0.493 e. The van der Waals surface area contributed by atoms with E-state index in [0.29, 0.717) is 12.5 Å². The molecule has 0 aliphatic carbocycles. The zero-order chi connectivity index (χ0) is 10.6. The van der Waals surface area contributed by atoms with Crippen molar-refractivity contribution in [1.82, 2.24) is 0 Å². The second-order valence-corrected chi connectivity index (χ2v) is 3.73. The van der Waals surface area contributed by atoms with Crippen LogP contribution >= 0.6 is 0 Å². The van der Waals surface area contributed by atoms with Crippen LogP contribution in [0.4, 0.5) is 4.39 Å². The molecule has 0 aromatic heterocycles. The Balaban J connectivity index is 2.59. The minimum atomic E-state index is -0.210. The van der Waals surface area contributed by atoms with Crippen LogP contribution in [-0.4, -0.2) is 6.61 Å². The lowest BCUT2D eigenvalue weighted by Crippen LogP contribution is -2.07. The number of ether oxygens (including phenoxy) is 1. The fraction of sp³-hybridized carbons (Fsp3) is 0.500. The SMILES string of the molecule is CCC(C)COc1ccc(F)cc1C. The van der Waals surface area contributed by atoms with Gasteiger partial charge in [0.2, 0.25) is 0 Å². The van der Waals surface area contributed by atoms with Crippen LogP contribution < -0.4 is 4.74 Å². The van der Waals surface area contributed by atoms with Gasteiger partial charge in [-0.1, -0.05) is 20.3 Å². The van der Waals surface area contributed by atoms with Crippen LogP contribution in [0.3, 0.4) is 0 Å². The van der Waals surface area contributed by atoms with Crippen molar-refractivity contribution in [3.8, 4) is 5.75 Å². The number of aryl methyl sites for hydroxylation is 1. The summed E-state index contributed by atoms with van der Waals surface area (Å²) in [6, 6.07) is 4.61. The lowest BCUT2D eigenvalue weighted by Gasteiger charge is -2.12. The molecule has 0 amide bonds. The van der Waals surface area contributed by atoms with Crippen molar-refractivity contribution in [3.63, 3.8) is 0 Å². The third-order valence-corrected chi connectivity index (χ3v) is 2.36. The maximum Gasteiger partial charge on any atom is 0.123 e. The molecule has 0 saturated carbocycles. The molecular formula is C12H17FO. The monoisotopic (exact) mass is 196 g/mol. The van der Waals surface area contributed by atoms with Crippen molar-refractivity contribution < 1.29 is 9.13 Å². The topological polar surface area (TPSA) is 9.23 Å². The predicted octanol–water partition coefficient (Wildman–Crippen LogP) is 3.56. The van der Waals surface area contributed by atoms with Crippen molar-refractivity contribution in [2.24, 2.45) is 5.92 Å². The summed E-state index contributed by atoms with van der Waals surface area (Å²) in [6.45, 7) is 6.82. The molecule has 1 nitrogen and oxygen atoms in total. The van der Waals surface area contributed by atoms with Gasteiger partial charge in [-0.05, 0) is 36.6 Å². The van der Waals surface area contributed by atoms with E-state index in [0.717, 1.165) is 17.7 Å². The van der Waals surface area contributed by atoms with Crippen LogP contribution in [0, 0.1) is 18.7 Å². The molecular weight excluding hydrogens is 179 g/mol. The highest BCUT2D eigenvalue weighted by molar-refractivity contribution is 5.32. The molecule has 1 rings (SSSR count). The third kappa shape index (κ3) is 3.02. The standard InChI is InChI=1S/C12H17FO/c1-4-9(2)8-14-12-6-5-11(13)7-10(12)3/h5-7,9H,4,8H2,1-3H3. The van der Waals surface area contributed by atoms with E-state index >= 15 is 0 Å². The van der Waals surface area contributed by atoms with Crippen LogP contribution in [0.2, 0.25) is 0 Å². The maximum atomic E-state index is 12.8. The summed E-state index contributed by atoms with van der Waals surface area (Å²) in [5.41, 5.74) is 0.855. The average Bonchev–Trinajstić information content (AvgIpc) is 2.16. The molecule has 1 unspecified atom stereocenters. The van der Waals surface area contributed by atoms with E-state index in [-0.39, 0.29) is 5.82 Å². The van der Waals surface area contributed by atoms with Crippen LogP contribution in [0.1, 0.15) is 25.8 Å². The van der Waals surface area contributed by atoms with Gasteiger partial charge in [0.05, 0.1) is 6.61 Å². The van der Waals surface area contributed by atoms with Gasteiger partial charge >= 0.3 is 0 Å². The Labute approximate surface area is 84.9 Å². The normalized spacial score (nSPS) is 12.6. The van der Waals surface area contributed by atoms with E-state index in [1.165, 1.54) is 12.1 Å². The summed E-state index contributed by atoms with van der Waals surface area (Å²) in [5, 5.41) is 0. The molecule has 0 fully saturated rings. The molecule has 1 aromatic rings. The quantitative estimate of drug-likeness (QED) is 0.715. The Bertz CT molecular complexity index is 296. The molecule has 0 N–H and O–H groups in total. The summed E-state index contributed by atoms with van der Waals surface area (Å²) in [4.78, 5) is 0. The fourth-order valence-corrected chi connectivity index (χ4v) is 1.12. The molecule has 1 atom stereocenters. The highest BCUT2D eigenvalue weighted by Crippen LogP contribution is 2.19. The van der Waals surface area contributed by atoms with Crippen molar-refractivity contribution in [2.75, 3.05) is 6.61 Å². The summed E-state index contributed by atoms with van der Waals surface area (Å²) < 4.78 is 18.3. The molecule has 0 saturated heterocycles. The predicted molar refractivity (Wildman–Crippen MR) is 56.1 cm³/mol. The largest absolute Gasteiger partial charge is 0.493 e. The summed E-state index contributed by atoms with van der Waals surface area (Å²) >= 11 is 0. The molecule has 0 bridgehead atoms. The first kappa shape index (κ1) is 11.0. The van der Waals surface area contributed by atoms with Crippen molar-refractivity contribution in [1.29, 1.82) is 0 Å². The first-order valence-electron chi connectivity index (χ1n) is 5.02. The van der Waals surface area contributed by atoms with Gasteiger partial charge in [-0.25, -0.2) is 4.39 Å². The maximum absolute atomic E-state index is 12.8. The molecule has 78 valence electrons. The Morgan fingerprint density at radius 2 is 2.14 bits per heavy atom. The number of halogens is 1. The van der Waals surface area contributed by atoms with E-state index in [4.69, 9.17) is 4.74 Å². The Hall–Kier alpha value is -1.05. The van der Waals surface area contributed by atoms with E-state index in [1.54, 1.807) is 6.07 Å². The smallest absolute Gasteiger partial charge is 0.123 e. The highest BCUT2D eigenvalue weighted by atomic mass is 19.1. The summed E-state index contributed by atoms with van der Waals surface area (Å²) in [5.74, 6) is 1.12. The first-order valence-corrected chi connectivity index (χ1v) is 5.02. The molecule has 14 heavy (non-hydrogen) atoms. The molecule has 0 aliphatic heterocycles. The van der Waals surface area contributed by atoms with E-state index < -0.39 is 0 Å². The Morgan fingerprint density at radius 1 is 1.43 bits per heavy atom. The van der Waals surface area contributed by atoms with Crippen LogP contribution in [0.15, 0.2) is 18.2 Å². The molecule has 0 radical (unpaired) electrons. The van der Waals surface area contributed by atoms with Crippen LogP contribution in [0.25, 0.3) is 0 Å². The van der Waals surface area contributed by atoms with Gasteiger partial charge in [-0.15, -0.1) is 0 Å². The lowest BCUT2D eigenvalue weighted by atomic mass is 10.1. The van der Waals surface area contributed by atoms with Crippen LogP contribution in [0.5, 0.6) is 5.75 Å². The van der Waals surface area contributed by atoms with Gasteiger partial charge in [-0.3, -0.25) is 0 Å². The van der Waals surface area contributed by atoms with Gasteiger partial charge in [0.25, 0.3) is 0 Å². The summed E-state index contributed by atoms with van der Waals surface area (Å²) in [6.07, 6.45) is 1.10. The van der Waals surface area contributed by atoms with Gasteiger partial charge < -0.3 is 4.74 Å². The molecule has 0 spiro atoms.